The van der Waals surface area contributed by atoms with E-state index in [0.717, 1.165) is 5.69 Å². The van der Waals surface area contributed by atoms with Gasteiger partial charge in [-0.25, -0.2) is 0 Å². The number of rotatable bonds is 4. The van der Waals surface area contributed by atoms with Gasteiger partial charge in [-0.1, -0.05) is 140 Å². The van der Waals surface area contributed by atoms with Crippen LogP contribution in [0, 0.1) is 0 Å². The predicted octanol–water partition coefficient (Wildman–Crippen LogP) is 13.9. The molecule has 0 amide bonds. The minimum Gasteiger partial charge on any atom is -0.309 e. The van der Waals surface area contributed by atoms with Crippen molar-refractivity contribution in [3.8, 4) is 33.6 Å². The molecule has 0 bridgehead atoms. The minimum absolute atomic E-state index is 0.193. The summed E-state index contributed by atoms with van der Waals surface area (Å²) in [5, 5.41) is 7.64. The van der Waals surface area contributed by atoms with E-state index in [4.69, 9.17) is 0 Å². The average molecular weight is 699 g/mol. The zero-order chi connectivity index (χ0) is 36.0. The van der Waals surface area contributed by atoms with Crippen molar-refractivity contribution in [3.63, 3.8) is 0 Å². The topological polar surface area (TPSA) is 9.86 Å². The van der Waals surface area contributed by atoms with Crippen molar-refractivity contribution in [1.29, 1.82) is 0 Å². The van der Waals surface area contributed by atoms with Crippen molar-refractivity contribution in [3.05, 3.63) is 217 Å². The Morgan fingerprint density at radius 3 is 1.64 bits per heavy atom. The number of para-hydroxylation sites is 3. The highest BCUT2D eigenvalue weighted by Crippen LogP contribution is 2.50. The monoisotopic (exact) mass is 698 g/mol. The highest BCUT2D eigenvalue weighted by molar-refractivity contribution is 6.19. The largest absolute Gasteiger partial charge is 0.309 e. The highest BCUT2D eigenvalue weighted by Gasteiger charge is 2.31. The maximum Gasteiger partial charge on any atom is 0.0562 e. The van der Waals surface area contributed by atoms with Gasteiger partial charge in [-0.05, 0) is 110 Å². The number of benzene rings is 9. The van der Waals surface area contributed by atoms with Crippen LogP contribution in [-0.4, -0.2) is 9.13 Å². The molecular formula is C53H34N2. The van der Waals surface area contributed by atoms with Gasteiger partial charge in [-0.2, -0.15) is 0 Å². The molecular weight excluding hydrogens is 665 g/mol. The van der Waals surface area contributed by atoms with Crippen LogP contribution in [0.4, 0.5) is 0 Å². The minimum atomic E-state index is 0.193. The average Bonchev–Trinajstić information content (AvgIpc) is 3.88. The Kier molecular flexibility index (Phi) is 6.43. The second kappa shape index (κ2) is 11.7. The second-order valence-corrected chi connectivity index (χ2v) is 14.9. The molecule has 0 fully saturated rings. The molecule has 0 radical (unpaired) electrons. The molecule has 0 N–H and O–H groups in total. The fraction of sp³-hybridized carbons (Fsp3) is 0.0189. The standard InChI is InChI=1S/C53H34N2/c1-3-16-37(17-4-1)54-49-25-12-11-22-41(49)47-32-48-46-31-36(27-29-50(46)55(52(48)33-51(47)54)38-18-5-2-6-19-38)35-26-28-44-45(30-35)40-21-9-10-23-43(40)53(44)42-24-13-15-34-14-7-8-20-39(34)42/h1-33,53H. The summed E-state index contributed by atoms with van der Waals surface area (Å²) < 4.78 is 4.85. The van der Waals surface area contributed by atoms with Gasteiger partial charge in [-0.3, -0.25) is 0 Å². The molecule has 2 heteroatoms. The van der Waals surface area contributed by atoms with Gasteiger partial charge < -0.3 is 9.13 Å². The van der Waals surface area contributed by atoms with E-state index < -0.39 is 0 Å². The number of fused-ring (bicyclic) bond motifs is 10. The molecule has 0 aliphatic heterocycles. The van der Waals surface area contributed by atoms with Crippen LogP contribution in [0.2, 0.25) is 0 Å². The Morgan fingerprint density at radius 2 is 0.836 bits per heavy atom. The maximum absolute atomic E-state index is 2.44. The normalized spacial score (nSPS) is 13.6. The van der Waals surface area contributed by atoms with Crippen LogP contribution in [0.1, 0.15) is 22.6 Å². The van der Waals surface area contributed by atoms with Gasteiger partial charge in [0.1, 0.15) is 0 Å². The summed E-state index contributed by atoms with van der Waals surface area (Å²) in [5.41, 5.74) is 16.4. The van der Waals surface area contributed by atoms with Crippen molar-refractivity contribution >= 4 is 54.4 Å². The predicted molar refractivity (Wildman–Crippen MR) is 231 cm³/mol. The summed E-state index contributed by atoms with van der Waals surface area (Å²) in [6.07, 6.45) is 0. The van der Waals surface area contributed by atoms with Crippen molar-refractivity contribution in [1.82, 2.24) is 9.13 Å². The molecule has 1 aliphatic carbocycles. The zero-order valence-corrected chi connectivity index (χ0v) is 30.0. The van der Waals surface area contributed by atoms with E-state index in [1.165, 1.54) is 99.0 Å². The summed E-state index contributed by atoms with van der Waals surface area (Å²) in [6.45, 7) is 0. The summed E-state index contributed by atoms with van der Waals surface area (Å²) in [7, 11) is 0. The quantitative estimate of drug-likeness (QED) is 0.173. The van der Waals surface area contributed by atoms with Crippen LogP contribution < -0.4 is 0 Å². The Balaban J connectivity index is 1.09. The fourth-order valence-electron chi connectivity index (χ4n) is 9.59. The smallest absolute Gasteiger partial charge is 0.0562 e. The lowest BCUT2D eigenvalue weighted by Crippen LogP contribution is -2.00. The van der Waals surface area contributed by atoms with Gasteiger partial charge in [-0.15, -0.1) is 0 Å². The van der Waals surface area contributed by atoms with Crippen molar-refractivity contribution < 1.29 is 0 Å². The lowest BCUT2D eigenvalue weighted by atomic mass is 9.86. The molecule has 12 rings (SSSR count). The van der Waals surface area contributed by atoms with Gasteiger partial charge >= 0.3 is 0 Å². The third kappa shape index (κ3) is 4.43. The molecule has 55 heavy (non-hydrogen) atoms. The lowest BCUT2D eigenvalue weighted by molar-refractivity contribution is 1.03. The first kappa shape index (κ1) is 30.3. The SMILES string of the molecule is c1ccc(-n2c3ccccc3c3cc4c5cc(-c6ccc7c(c6)-c6ccccc6C7c6cccc7ccccc67)ccc5n(-c5ccccc5)c4cc32)cc1. The molecule has 0 saturated carbocycles. The van der Waals surface area contributed by atoms with Crippen LogP contribution in [0.15, 0.2) is 200 Å². The second-order valence-electron chi connectivity index (χ2n) is 14.9. The third-order valence-electron chi connectivity index (χ3n) is 12.0. The molecule has 1 aliphatic rings. The Labute approximate surface area is 318 Å². The fourth-order valence-corrected chi connectivity index (χ4v) is 9.59. The molecule has 256 valence electrons. The van der Waals surface area contributed by atoms with Crippen molar-refractivity contribution in [2.45, 2.75) is 5.92 Å². The molecule has 0 saturated heterocycles. The van der Waals surface area contributed by atoms with Crippen LogP contribution in [-0.2, 0) is 0 Å². The van der Waals surface area contributed by atoms with E-state index in [0.29, 0.717) is 0 Å². The van der Waals surface area contributed by atoms with Crippen LogP contribution >= 0.6 is 0 Å². The van der Waals surface area contributed by atoms with E-state index in [1.807, 2.05) is 0 Å². The summed E-state index contributed by atoms with van der Waals surface area (Å²) in [6, 6.07) is 73.9. The molecule has 2 nitrogen and oxygen atoms in total. The van der Waals surface area contributed by atoms with Gasteiger partial charge in [0, 0.05) is 38.8 Å². The number of hydrogen-bond donors (Lipinski definition) is 0. The molecule has 2 heterocycles. The van der Waals surface area contributed by atoms with E-state index in [1.54, 1.807) is 0 Å². The summed E-state index contributed by atoms with van der Waals surface area (Å²) >= 11 is 0. The number of aromatic nitrogens is 2. The highest BCUT2D eigenvalue weighted by atomic mass is 15.0. The van der Waals surface area contributed by atoms with Crippen LogP contribution in [0.3, 0.4) is 0 Å². The lowest BCUT2D eigenvalue weighted by Gasteiger charge is -2.17. The Bertz CT molecular complexity index is 3310. The van der Waals surface area contributed by atoms with Crippen LogP contribution in [0.25, 0.3) is 88.0 Å². The first-order chi connectivity index (χ1) is 27.3. The summed E-state index contributed by atoms with van der Waals surface area (Å²) in [4.78, 5) is 0. The Hall–Kier alpha value is -7.16. The zero-order valence-electron chi connectivity index (χ0n) is 30.0. The molecule has 9 aromatic carbocycles. The van der Waals surface area contributed by atoms with Crippen molar-refractivity contribution in [2.24, 2.45) is 0 Å². The number of nitrogens with zero attached hydrogens (tertiary/aromatic N) is 2. The van der Waals surface area contributed by atoms with E-state index in [9.17, 15) is 0 Å². The van der Waals surface area contributed by atoms with Gasteiger partial charge in [0.2, 0.25) is 0 Å². The van der Waals surface area contributed by atoms with E-state index >= 15 is 0 Å². The molecule has 1 unspecified atom stereocenters. The number of hydrogen-bond acceptors (Lipinski definition) is 0. The van der Waals surface area contributed by atoms with Crippen LogP contribution in [0.5, 0.6) is 0 Å². The van der Waals surface area contributed by atoms with E-state index in [2.05, 4.69) is 209 Å². The molecule has 11 aromatic rings. The first-order valence-electron chi connectivity index (χ1n) is 19.1. The molecule has 1 atom stereocenters. The first-order valence-corrected chi connectivity index (χ1v) is 19.1. The molecule has 2 aromatic heterocycles. The Morgan fingerprint density at radius 1 is 0.291 bits per heavy atom. The van der Waals surface area contributed by atoms with Gasteiger partial charge in [0.05, 0.1) is 22.1 Å². The third-order valence-corrected chi connectivity index (χ3v) is 12.0. The molecule has 0 spiro atoms. The maximum atomic E-state index is 2.44. The van der Waals surface area contributed by atoms with Gasteiger partial charge in [0.15, 0.2) is 0 Å². The van der Waals surface area contributed by atoms with E-state index in [-0.39, 0.29) is 5.92 Å². The van der Waals surface area contributed by atoms with Gasteiger partial charge in [0.25, 0.3) is 0 Å². The summed E-state index contributed by atoms with van der Waals surface area (Å²) in [5.74, 6) is 0.193. The van der Waals surface area contributed by atoms with Crippen molar-refractivity contribution in [2.75, 3.05) is 0 Å².